The summed E-state index contributed by atoms with van der Waals surface area (Å²) in [6.45, 7) is 4.99. The molecule has 1 aromatic rings. The van der Waals surface area contributed by atoms with E-state index < -0.39 is 17.5 Å². The van der Waals surface area contributed by atoms with Crippen LogP contribution in [-0.2, 0) is 0 Å². The lowest BCUT2D eigenvalue weighted by Crippen LogP contribution is -2.17. The molecule has 0 bridgehead atoms. The Labute approximate surface area is 120 Å². The number of nitrogens with one attached hydrogen (secondary N) is 1. The quantitative estimate of drug-likeness (QED) is 0.832. The normalized spacial score (nSPS) is 18.5. The summed E-state index contributed by atoms with van der Waals surface area (Å²) in [6.07, 6.45) is 2.16. The summed E-state index contributed by atoms with van der Waals surface area (Å²) in [4.78, 5) is 4.34. The van der Waals surface area contributed by atoms with Crippen LogP contribution >= 0.6 is 11.8 Å². The molecule has 0 radical (unpaired) electrons. The monoisotopic (exact) mass is 302 g/mol. The van der Waals surface area contributed by atoms with Gasteiger partial charge in [0.25, 0.3) is 0 Å². The van der Waals surface area contributed by atoms with Gasteiger partial charge in [0, 0.05) is 23.1 Å². The fourth-order valence-electron chi connectivity index (χ4n) is 2.27. The third kappa shape index (κ3) is 3.29. The molecule has 0 aliphatic carbocycles. The lowest BCUT2D eigenvalue weighted by Gasteiger charge is -2.18. The van der Waals surface area contributed by atoms with E-state index in [1.165, 1.54) is 0 Å². The van der Waals surface area contributed by atoms with Gasteiger partial charge in [0.15, 0.2) is 22.6 Å². The van der Waals surface area contributed by atoms with E-state index in [-0.39, 0.29) is 5.69 Å². The Morgan fingerprint density at radius 1 is 1.25 bits per heavy atom. The predicted molar refractivity (Wildman–Crippen MR) is 77.7 cm³/mol. The zero-order chi connectivity index (χ0) is 14.7. The van der Waals surface area contributed by atoms with Crippen LogP contribution in [0.3, 0.4) is 0 Å². The molecule has 1 heterocycles. The fraction of sp³-hybridized carbons (Fsp3) is 0.500. The second-order valence-corrected chi connectivity index (χ2v) is 5.99. The van der Waals surface area contributed by atoms with E-state index in [1.807, 2.05) is 0 Å². The van der Waals surface area contributed by atoms with Crippen LogP contribution < -0.4 is 5.32 Å². The van der Waals surface area contributed by atoms with Crippen molar-refractivity contribution in [3.8, 4) is 0 Å². The number of thioether (sulfide) groups is 1. The van der Waals surface area contributed by atoms with Crippen molar-refractivity contribution in [2.75, 3.05) is 11.9 Å². The molecule has 1 unspecified atom stereocenters. The summed E-state index contributed by atoms with van der Waals surface area (Å²) in [5, 5.41) is 3.87. The number of benzene rings is 1. The summed E-state index contributed by atoms with van der Waals surface area (Å²) < 4.78 is 39.1. The van der Waals surface area contributed by atoms with Crippen molar-refractivity contribution in [2.24, 2.45) is 10.9 Å². The van der Waals surface area contributed by atoms with Gasteiger partial charge >= 0.3 is 0 Å². The Kier molecular flexibility index (Phi) is 4.96. The Morgan fingerprint density at radius 3 is 2.40 bits per heavy atom. The smallest absolute Gasteiger partial charge is 0.194 e. The highest BCUT2D eigenvalue weighted by Gasteiger charge is 2.26. The lowest BCUT2D eigenvalue weighted by molar-refractivity contribution is 0.448. The lowest BCUT2D eigenvalue weighted by atomic mass is 9.99. The van der Waals surface area contributed by atoms with Crippen molar-refractivity contribution in [2.45, 2.75) is 31.9 Å². The van der Waals surface area contributed by atoms with Crippen LogP contribution in [0.25, 0.3) is 0 Å². The molecule has 1 aliphatic rings. The van der Waals surface area contributed by atoms with E-state index in [4.69, 9.17) is 0 Å². The predicted octanol–water partition coefficient (Wildman–Crippen LogP) is 4.42. The Balaban J connectivity index is 2.02. The molecule has 0 fully saturated rings. The molecule has 1 atom stereocenters. The van der Waals surface area contributed by atoms with Crippen LogP contribution in [0.15, 0.2) is 17.1 Å². The molecule has 2 rings (SSSR count). The topological polar surface area (TPSA) is 24.4 Å². The molecule has 0 amide bonds. The number of rotatable bonds is 4. The summed E-state index contributed by atoms with van der Waals surface area (Å²) in [5.74, 6) is -3.28. The maximum Gasteiger partial charge on any atom is 0.194 e. The largest absolute Gasteiger partial charge is 0.335 e. The number of amidine groups is 1. The molecule has 2 nitrogen and oxygen atoms in total. The number of hydrogen-bond donors (Lipinski definition) is 1. The molecule has 110 valence electrons. The highest BCUT2D eigenvalue weighted by Crippen LogP contribution is 2.31. The fourth-order valence-corrected chi connectivity index (χ4v) is 3.61. The third-order valence-electron chi connectivity index (χ3n) is 3.49. The van der Waals surface area contributed by atoms with E-state index in [2.05, 4.69) is 24.2 Å². The van der Waals surface area contributed by atoms with Gasteiger partial charge in [-0.2, -0.15) is 0 Å². The third-order valence-corrected chi connectivity index (χ3v) is 4.78. The average Bonchev–Trinajstić information content (AvgIpc) is 2.86. The first-order valence-electron chi connectivity index (χ1n) is 6.67. The van der Waals surface area contributed by atoms with E-state index in [9.17, 15) is 13.2 Å². The molecule has 1 aromatic carbocycles. The van der Waals surface area contributed by atoms with E-state index in [0.29, 0.717) is 22.9 Å². The van der Waals surface area contributed by atoms with Crippen molar-refractivity contribution < 1.29 is 13.2 Å². The van der Waals surface area contributed by atoms with Crippen LogP contribution in [0.4, 0.5) is 18.9 Å². The molecule has 6 heteroatoms. The minimum atomic E-state index is -1.45. The summed E-state index contributed by atoms with van der Waals surface area (Å²) >= 11 is 1.58. The summed E-state index contributed by atoms with van der Waals surface area (Å²) in [5.41, 5.74) is 0.179. The Bertz CT molecular complexity index is 492. The van der Waals surface area contributed by atoms with E-state index in [1.54, 1.807) is 11.8 Å². The maximum atomic E-state index is 13.1. The van der Waals surface area contributed by atoms with Crippen LogP contribution in [0.5, 0.6) is 0 Å². The van der Waals surface area contributed by atoms with Crippen LogP contribution in [-0.4, -0.2) is 17.0 Å². The highest BCUT2D eigenvalue weighted by molar-refractivity contribution is 8.15. The van der Waals surface area contributed by atoms with Gasteiger partial charge in [0.2, 0.25) is 0 Å². The van der Waals surface area contributed by atoms with Crippen molar-refractivity contribution in [1.82, 2.24) is 0 Å². The van der Waals surface area contributed by atoms with E-state index in [0.717, 1.165) is 25.0 Å². The molecule has 1 N–H and O–H groups in total. The van der Waals surface area contributed by atoms with Crippen LogP contribution in [0, 0.1) is 23.4 Å². The molecule has 0 aromatic heterocycles. The van der Waals surface area contributed by atoms with Gasteiger partial charge in [0.05, 0.1) is 6.54 Å². The molecular formula is C14H17F3N2S. The van der Waals surface area contributed by atoms with Crippen molar-refractivity contribution >= 4 is 22.6 Å². The average molecular weight is 302 g/mol. The first kappa shape index (κ1) is 15.2. The second kappa shape index (κ2) is 6.52. The minimum Gasteiger partial charge on any atom is -0.335 e. The van der Waals surface area contributed by atoms with Gasteiger partial charge < -0.3 is 5.32 Å². The highest BCUT2D eigenvalue weighted by atomic mass is 32.2. The van der Waals surface area contributed by atoms with Gasteiger partial charge in [0.1, 0.15) is 0 Å². The summed E-state index contributed by atoms with van der Waals surface area (Å²) in [6, 6.07) is 1.87. The van der Waals surface area contributed by atoms with Crippen molar-refractivity contribution in [3.05, 3.63) is 29.6 Å². The SMILES string of the molecule is CCC(CC)C1CN=C(Nc2cc(F)c(F)c(F)c2)S1. The number of halogens is 3. The van der Waals surface area contributed by atoms with Gasteiger partial charge in [-0.05, 0) is 5.92 Å². The molecular weight excluding hydrogens is 285 g/mol. The standard InChI is InChI=1S/C14H17F3N2S/c1-3-8(4-2)12-7-18-14(20-12)19-9-5-10(15)13(17)11(16)6-9/h5-6,8,12H,3-4,7H2,1-2H3,(H,18,19). The molecule has 1 aliphatic heterocycles. The molecule has 0 spiro atoms. The zero-order valence-corrected chi connectivity index (χ0v) is 12.2. The van der Waals surface area contributed by atoms with Gasteiger partial charge in [-0.3, -0.25) is 4.99 Å². The second-order valence-electron chi connectivity index (χ2n) is 4.76. The molecule has 0 saturated heterocycles. The van der Waals surface area contributed by atoms with Crippen molar-refractivity contribution in [3.63, 3.8) is 0 Å². The van der Waals surface area contributed by atoms with Crippen LogP contribution in [0.1, 0.15) is 26.7 Å². The summed E-state index contributed by atoms with van der Waals surface area (Å²) in [7, 11) is 0. The van der Waals surface area contributed by atoms with Gasteiger partial charge in [-0.25, -0.2) is 13.2 Å². The number of aliphatic imine (C=N–C) groups is 1. The maximum absolute atomic E-state index is 13.1. The number of hydrogen-bond acceptors (Lipinski definition) is 3. The van der Waals surface area contributed by atoms with Gasteiger partial charge in [-0.1, -0.05) is 38.5 Å². The minimum absolute atomic E-state index is 0.179. The molecule has 20 heavy (non-hydrogen) atoms. The van der Waals surface area contributed by atoms with Gasteiger partial charge in [-0.15, -0.1) is 0 Å². The first-order valence-corrected chi connectivity index (χ1v) is 7.55. The van der Waals surface area contributed by atoms with E-state index >= 15 is 0 Å². The zero-order valence-electron chi connectivity index (χ0n) is 11.4. The van der Waals surface area contributed by atoms with Crippen LogP contribution in [0.2, 0.25) is 0 Å². The number of nitrogens with zero attached hydrogens (tertiary/aromatic N) is 1. The number of anilines is 1. The Morgan fingerprint density at radius 2 is 1.85 bits per heavy atom. The molecule has 0 saturated carbocycles. The Hall–Kier alpha value is -1.17. The van der Waals surface area contributed by atoms with Crippen molar-refractivity contribution in [1.29, 1.82) is 0 Å². The first-order chi connectivity index (χ1) is 9.55.